The number of rotatable bonds is 3. The predicted molar refractivity (Wildman–Crippen MR) is 54.9 cm³/mol. The second-order valence-corrected chi connectivity index (χ2v) is 5.37. The summed E-state index contributed by atoms with van der Waals surface area (Å²) in [5.74, 6) is 0.683. The predicted octanol–water partition coefficient (Wildman–Crippen LogP) is -1.02. The quantitative estimate of drug-likeness (QED) is 0.697. The van der Waals surface area contributed by atoms with E-state index in [9.17, 15) is 8.42 Å². The Hall–Kier alpha value is -0.920. The third-order valence-corrected chi connectivity index (χ3v) is 3.86. The van der Waals surface area contributed by atoms with Gasteiger partial charge >= 0.3 is 0 Å². The number of nitrogens with zero attached hydrogens (tertiary/aromatic N) is 2. The first kappa shape index (κ1) is 10.6. The average Bonchev–Trinajstić information content (AvgIpc) is 2.41. The highest BCUT2D eigenvalue weighted by molar-refractivity contribution is 7.89. The topological polar surface area (TPSA) is 76.0 Å². The Labute approximate surface area is 88.7 Å². The van der Waals surface area contributed by atoms with E-state index in [2.05, 4.69) is 15.0 Å². The molecule has 2 N–H and O–H groups in total. The number of sulfonamides is 1. The molecule has 0 amide bonds. The molecule has 15 heavy (non-hydrogen) atoms. The highest BCUT2D eigenvalue weighted by atomic mass is 32.2. The second kappa shape index (κ2) is 3.58. The van der Waals surface area contributed by atoms with Gasteiger partial charge in [-0.25, -0.2) is 18.1 Å². The molecule has 0 spiro atoms. The van der Waals surface area contributed by atoms with Crippen molar-refractivity contribution in [3.8, 4) is 0 Å². The fourth-order valence-corrected chi connectivity index (χ4v) is 2.58. The van der Waals surface area contributed by atoms with E-state index in [1.807, 2.05) is 0 Å². The van der Waals surface area contributed by atoms with E-state index >= 15 is 0 Å². The summed E-state index contributed by atoms with van der Waals surface area (Å²) in [6, 6.07) is -0.00249. The van der Waals surface area contributed by atoms with Crippen LogP contribution in [0.1, 0.15) is 5.82 Å². The van der Waals surface area contributed by atoms with Gasteiger partial charge in [-0.3, -0.25) is 0 Å². The van der Waals surface area contributed by atoms with E-state index < -0.39 is 10.0 Å². The van der Waals surface area contributed by atoms with Crippen LogP contribution in [0, 0.1) is 6.92 Å². The van der Waals surface area contributed by atoms with Crippen LogP contribution in [-0.2, 0) is 17.1 Å². The van der Waals surface area contributed by atoms with Crippen LogP contribution in [0.3, 0.4) is 0 Å². The SMILES string of the molecule is Cc1nc(S(=O)(=O)NC2CNC2)cn1C. The van der Waals surface area contributed by atoms with Crippen LogP contribution in [0.4, 0.5) is 0 Å². The van der Waals surface area contributed by atoms with Crippen molar-refractivity contribution in [2.45, 2.75) is 18.0 Å². The zero-order chi connectivity index (χ0) is 11.1. The molecule has 1 aromatic rings. The molecule has 0 radical (unpaired) electrons. The largest absolute Gasteiger partial charge is 0.337 e. The van der Waals surface area contributed by atoms with Crippen molar-refractivity contribution in [1.29, 1.82) is 0 Å². The summed E-state index contributed by atoms with van der Waals surface area (Å²) < 4.78 is 27.8. The number of imidazole rings is 1. The summed E-state index contributed by atoms with van der Waals surface area (Å²) in [4.78, 5) is 3.99. The summed E-state index contributed by atoms with van der Waals surface area (Å²) in [6.45, 7) is 3.14. The Morgan fingerprint density at radius 2 is 2.27 bits per heavy atom. The van der Waals surface area contributed by atoms with Crippen molar-refractivity contribution in [2.75, 3.05) is 13.1 Å². The number of hydrogen-bond donors (Lipinski definition) is 2. The zero-order valence-corrected chi connectivity index (χ0v) is 9.50. The minimum atomic E-state index is -3.44. The standard InChI is InChI=1S/C8H14N4O2S/c1-6-10-8(5-12(6)2)15(13,14)11-7-3-9-4-7/h5,7,9,11H,3-4H2,1-2H3. The first-order chi connectivity index (χ1) is 6.99. The summed E-state index contributed by atoms with van der Waals surface area (Å²) in [5.41, 5.74) is 0. The van der Waals surface area contributed by atoms with Gasteiger partial charge in [0.15, 0.2) is 5.03 Å². The van der Waals surface area contributed by atoms with Crippen molar-refractivity contribution in [3.05, 3.63) is 12.0 Å². The van der Waals surface area contributed by atoms with Gasteiger partial charge in [-0.1, -0.05) is 0 Å². The van der Waals surface area contributed by atoms with Crippen LogP contribution in [0.2, 0.25) is 0 Å². The molecular weight excluding hydrogens is 216 g/mol. The lowest BCUT2D eigenvalue weighted by atomic mass is 10.2. The van der Waals surface area contributed by atoms with Crippen LogP contribution in [0.5, 0.6) is 0 Å². The normalized spacial score (nSPS) is 17.7. The molecule has 0 aromatic carbocycles. The van der Waals surface area contributed by atoms with E-state index in [0.29, 0.717) is 18.9 Å². The van der Waals surface area contributed by atoms with E-state index in [1.165, 1.54) is 6.20 Å². The van der Waals surface area contributed by atoms with Gasteiger partial charge in [-0.2, -0.15) is 0 Å². The van der Waals surface area contributed by atoms with Gasteiger partial charge < -0.3 is 9.88 Å². The fraction of sp³-hybridized carbons (Fsp3) is 0.625. The van der Waals surface area contributed by atoms with Crippen LogP contribution in [0.15, 0.2) is 11.2 Å². The molecule has 2 rings (SSSR count). The maximum absolute atomic E-state index is 11.8. The van der Waals surface area contributed by atoms with Gasteiger partial charge in [-0.15, -0.1) is 0 Å². The summed E-state index contributed by atoms with van der Waals surface area (Å²) >= 11 is 0. The highest BCUT2D eigenvalue weighted by Crippen LogP contribution is 2.08. The molecule has 1 aliphatic rings. The maximum Gasteiger partial charge on any atom is 0.259 e. The van der Waals surface area contributed by atoms with Gasteiger partial charge in [0.1, 0.15) is 5.82 Å². The van der Waals surface area contributed by atoms with Crippen molar-refractivity contribution >= 4 is 10.0 Å². The maximum atomic E-state index is 11.8. The van der Waals surface area contributed by atoms with E-state index in [1.54, 1.807) is 18.5 Å². The highest BCUT2D eigenvalue weighted by Gasteiger charge is 2.26. The molecule has 6 nitrogen and oxygen atoms in total. The van der Waals surface area contributed by atoms with Crippen LogP contribution >= 0.6 is 0 Å². The summed E-state index contributed by atoms with van der Waals surface area (Å²) in [7, 11) is -1.67. The smallest absolute Gasteiger partial charge is 0.259 e. The van der Waals surface area contributed by atoms with Gasteiger partial charge in [0.25, 0.3) is 10.0 Å². The van der Waals surface area contributed by atoms with Crippen molar-refractivity contribution in [1.82, 2.24) is 19.6 Å². The Morgan fingerprint density at radius 3 is 2.67 bits per heavy atom. The van der Waals surface area contributed by atoms with Crippen LogP contribution in [0.25, 0.3) is 0 Å². The van der Waals surface area contributed by atoms with E-state index in [-0.39, 0.29) is 11.1 Å². The Morgan fingerprint density at radius 1 is 1.60 bits per heavy atom. The van der Waals surface area contributed by atoms with Crippen molar-refractivity contribution in [3.63, 3.8) is 0 Å². The Bertz CT molecular complexity index is 441. The lowest BCUT2D eigenvalue weighted by Gasteiger charge is -2.27. The minimum absolute atomic E-state index is 0.00249. The van der Waals surface area contributed by atoms with Gasteiger partial charge in [0.05, 0.1) is 0 Å². The van der Waals surface area contributed by atoms with Crippen molar-refractivity contribution in [2.24, 2.45) is 7.05 Å². The van der Waals surface area contributed by atoms with Crippen molar-refractivity contribution < 1.29 is 8.42 Å². The minimum Gasteiger partial charge on any atom is -0.337 e. The molecule has 1 aliphatic heterocycles. The molecule has 0 unspecified atom stereocenters. The third-order valence-electron chi connectivity index (χ3n) is 2.47. The molecule has 1 saturated heterocycles. The monoisotopic (exact) mass is 230 g/mol. The molecule has 0 saturated carbocycles. The molecule has 2 heterocycles. The van der Waals surface area contributed by atoms with Gasteiger partial charge in [0, 0.05) is 32.4 Å². The lowest BCUT2D eigenvalue weighted by molar-refractivity contribution is 0.410. The number of aromatic nitrogens is 2. The first-order valence-electron chi connectivity index (χ1n) is 4.72. The third kappa shape index (κ3) is 2.04. The Kier molecular flexibility index (Phi) is 2.53. The molecule has 7 heteroatoms. The average molecular weight is 230 g/mol. The molecule has 84 valence electrons. The number of aryl methyl sites for hydroxylation is 2. The van der Waals surface area contributed by atoms with Gasteiger partial charge in [0.2, 0.25) is 0 Å². The molecule has 0 atom stereocenters. The van der Waals surface area contributed by atoms with Gasteiger partial charge in [-0.05, 0) is 6.92 Å². The van der Waals surface area contributed by atoms with Crippen LogP contribution in [-0.4, -0.2) is 37.1 Å². The number of hydrogen-bond acceptors (Lipinski definition) is 4. The fourth-order valence-electron chi connectivity index (χ4n) is 1.31. The molecule has 1 fully saturated rings. The molecule has 1 aromatic heterocycles. The summed E-state index contributed by atoms with van der Waals surface area (Å²) in [5, 5.41) is 3.09. The Balaban J connectivity index is 2.20. The molecule has 0 aliphatic carbocycles. The molecule has 0 bridgehead atoms. The second-order valence-electron chi connectivity index (χ2n) is 3.71. The van der Waals surface area contributed by atoms with E-state index in [4.69, 9.17) is 0 Å². The zero-order valence-electron chi connectivity index (χ0n) is 8.69. The molecular formula is C8H14N4O2S. The number of nitrogens with one attached hydrogen (secondary N) is 2. The summed E-state index contributed by atoms with van der Waals surface area (Å²) in [6.07, 6.45) is 1.52. The van der Waals surface area contributed by atoms with E-state index in [0.717, 1.165) is 0 Å². The lowest BCUT2D eigenvalue weighted by Crippen LogP contribution is -2.56. The van der Waals surface area contributed by atoms with Crippen LogP contribution < -0.4 is 10.0 Å². The first-order valence-corrected chi connectivity index (χ1v) is 6.20.